The van der Waals surface area contributed by atoms with Gasteiger partial charge in [0.25, 0.3) is 5.56 Å². The zero-order chi connectivity index (χ0) is 18.5. The minimum Gasteiger partial charge on any atom is -0.383 e. The lowest BCUT2D eigenvalue weighted by Gasteiger charge is -2.06. The van der Waals surface area contributed by atoms with Crippen molar-refractivity contribution in [2.24, 2.45) is 0 Å². The number of rotatable bonds is 7. The smallest absolute Gasteiger partial charge is 0.262 e. The minimum absolute atomic E-state index is 0.150. The number of hydrogen-bond donors (Lipinski definition) is 2. The van der Waals surface area contributed by atoms with E-state index in [2.05, 4.69) is 20.4 Å². The molecule has 0 aliphatic heterocycles. The molecule has 0 unspecified atom stereocenters. The summed E-state index contributed by atoms with van der Waals surface area (Å²) in [6, 6.07) is 7.77. The molecule has 0 aliphatic carbocycles. The number of nitrogens with zero attached hydrogens (tertiary/aromatic N) is 3. The molecule has 0 saturated carbocycles. The molecule has 0 spiro atoms. The summed E-state index contributed by atoms with van der Waals surface area (Å²) in [5, 5.41) is 7.78. The fourth-order valence-electron chi connectivity index (χ4n) is 2.39. The average Bonchev–Trinajstić information content (AvgIpc) is 3.05. The number of methoxy groups -OCH3 is 1. The molecule has 0 radical (unpaired) electrons. The Morgan fingerprint density at radius 2 is 2.27 bits per heavy atom. The summed E-state index contributed by atoms with van der Waals surface area (Å²) in [5.41, 5.74) is 2.09. The number of benzene rings is 1. The van der Waals surface area contributed by atoms with Crippen molar-refractivity contribution in [2.75, 3.05) is 26.0 Å². The first-order chi connectivity index (χ1) is 12.6. The molecular formula is C17H19N5O3S. The lowest BCUT2D eigenvalue weighted by Crippen LogP contribution is -2.28. The molecule has 2 heterocycles. The molecule has 0 atom stereocenters. The highest BCUT2D eigenvalue weighted by molar-refractivity contribution is 7.99. The molecule has 8 nitrogen and oxygen atoms in total. The highest BCUT2D eigenvalue weighted by Crippen LogP contribution is 2.18. The first-order valence-electron chi connectivity index (χ1n) is 8.02. The van der Waals surface area contributed by atoms with Crippen molar-refractivity contribution in [1.29, 1.82) is 0 Å². The molecular weight excluding hydrogens is 354 g/mol. The maximum atomic E-state index is 12.3. The lowest BCUT2D eigenvalue weighted by molar-refractivity contribution is -0.118. The molecule has 0 fully saturated rings. The first kappa shape index (κ1) is 18.2. The van der Waals surface area contributed by atoms with Gasteiger partial charge in [-0.15, -0.1) is 0 Å². The van der Waals surface area contributed by atoms with Gasteiger partial charge in [-0.3, -0.25) is 9.59 Å². The Bertz CT molecular complexity index is 982. The predicted octanol–water partition coefficient (Wildman–Crippen LogP) is 1.27. The average molecular weight is 373 g/mol. The molecule has 136 valence electrons. The number of ether oxygens (including phenoxy) is 1. The fraction of sp³-hybridized carbons (Fsp3) is 0.294. The van der Waals surface area contributed by atoms with Gasteiger partial charge in [0.05, 0.1) is 24.2 Å². The van der Waals surface area contributed by atoms with Crippen LogP contribution in [-0.2, 0) is 9.53 Å². The molecule has 0 saturated heterocycles. The van der Waals surface area contributed by atoms with E-state index in [-0.39, 0.29) is 17.2 Å². The largest absolute Gasteiger partial charge is 0.383 e. The van der Waals surface area contributed by atoms with Crippen LogP contribution in [0, 0.1) is 6.92 Å². The van der Waals surface area contributed by atoms with Crippen molar-refractivity contribution in [3.05, 3.63) is 46.4 Å². The number of hydrogen-bond acceptors (Lipinski definition) is 6. The van der Waals surface area contributed by atoms with Crippen molar-refractivity contribution in [2.45, 2.75) is 12.1 Å². The lowest BCUT2D eigenvalue weighted by atomic mass is 10.2. The second-order valence-electron chi connectivity index (χ2n) is 5.64. The van der Waals surface area contributed by atoms with Crippen LogP contribution in [0.1, 0.15) is 5.56 Å². The van der Waals surface area contributed by atoms with Gasteiger partial charge >= 0.3 is 0 Å². The number of amides is 1. The maximum absolute atomic E-state index is 12.3. The topological polar surface area (TPSA) is 102 Å². The molecule has 26 heavy (non-hydrogen) atoms. The monoisotopic (exact) mass is 373 g/mol. The molecule has 2 N–H and O–H groups in total. The van der Waals surface area contributed by atoms with E-state index < -0.39 is 0 Å². The van der Waals surface area contributed by atoms with E-state index in [1.165, 1.54) is 18.0 Å². The van der Waals surface area contributed by atoms with Crippen LogP contribution in [0.25, 0.3) is 16.7 Å². The van der Waals surface area contributed by atoms with Crippen molar-refractivity contribution in [3.8, 4) is 5.69 Å². The van der Waals surface area contributed by atoms with Crippen molar-refractivity contribution in [1.82, 2.24) is 25.1 Å². The standard InChI is InChI=1S/C17H19N5O3S/c1-11-4-3-5-12(8-11)22-15-13(9-19-22)16(24)21-17(20-15)26-10-14(23)18-6-7-25-2/h3-5,8-9H,6-7,10H2,1-2H3,(H,18,23)(H,20,21,24). The van der Waals surface area contributed by atoms with Crippen molar-refractivity contribution >= 4 is 28.7 Å². The van der Waals surface area contributed by atoms with Crippen LogP contribution in [-0.4, -0.2) is 51.7 Å². The van der Waals surface area contributed by atoms with Crippen LogP contribution in [0.4, 0.5) is 0 Å². The van der Waals surface area contributed by atoms with E-state index in [4.69, 9.17) is 4.74 Å². The van der Waals surface area contributed by atoms with Gasteiger partial charge in [-0.05, 0) is 24.6 Å². The number of aromatic nitrogens is 4. The SMILES string of the molecule is COCCNC(=O)CSc1nc2c(cnn2-c2cccc(C)c2)c(=O)[nH]1. The van der Waals surface area contributed by atoms with Gasteiger partial charge in [0.1, 0.15) is 5.39 Å². The highest BCUT2D eigenvalue weighted by Gasteiger charge is 2.13. The van der Waals surface area contributed by atoms with Crippen LogP contribution in [0.2, 0.25) is 0 Å². The third kappa shape index (κ3) is 4.12. The van der Waals surface area contributed by atoms with Gasteiger partial charge in [-0.1, -0.05) is 23.9 Å². The van der Waals surface area contributed by atoms with Crippen LogP contribution in [0.5, 0.6) is 0 Å². The Kier molecular flexibility index (Phi) is 5.69. The Balaban J connectivity index is 1.83. The van der Waals surface area contributed by atoms with Crippen molar-refractivity contribution in [3.63, 3.8) is 0 Å². The molecule has 9 heteroatoms. The number of aromatic amines is 1. The van der Waals surface area contributed by atoms with E-state index in [9.17, 15) is 9.59 Å². The summed E-state index contributed by atoms with van der Waals surface area (Å²) in [6.07, 6.45) is 1.50. The zero-order valence-corrected chi connectivity index (χ0v) is 15.3. The van der Waals surface area contributed by atoms with Crippen LogP contribution >= 0.6 is 11.8 Å². The summed E-state index contributed by atoms with van der Waals surface area (Å²) < 4.78 is 6.51. The van der Waals surface area contributed by atoms with E-state index in [1.54, 1.807) is 11.8 Å². The first-order valence-corrected chi connectivity index (χ1v) is 9.00. The van der Waals surface area contributed by atoms with E-state index >= 15 is 0 Å². The van der Waals surface area contributed by atoms with Crippen LogP contribution in [0.3, 0.4) is 0 Å². The number of fused-ring (bicyclic) bond motifs is 1. The molecule has 3 aromatic rings. The van der Waals surface area contributed by atoms with Gasteiger partial charge in [0, 0.05) is 13.7 Å². The van der Waals surface area contributed by atoms with E-state index in [0.29, 0.717) is 29.3 Å². The Labute approximate surface area is 154 Å². The number of H-pyrrole nitrogens is 1. The highest BCUT2D eigenvalue weighted by atomic mass is 32.2. The Hall–Kier alpha value is -2.65. The summed E-state index contributed by atoms with van der Waals surface area (Å²) in [7, 11) is 1.57. The molecule has 1 aromatic carbocycles. The molecule has 0 bridgehead atoms. The number of carbonyl (C=O) groups is 1. The second-order valence-corrected chi connectivity index (χ2v) is 6.60. The number of aryl methyl sites for hydroxylation is 1. The van der Waals surface area contributed by atoms with Gasteiger partial charge < -0.3 is 15.0 Å². The number of thioether (sulfide) groups is 1. The summed E-state index contributed by atoms with van der Waals surface area (Å²) in [5.74, 6) is -0.00139. The quantitative estimate of drug-likeness (QED) is 0.367. The van der Waals surface area contributed by atoms with Gasteiger partial charge in [-0.2, -0.15) is 5.10 Å². The molecule has 0 aliphatic rings. The van der Waals surface area contributed by atoms with Gasteiger partial charge in [0.2, 0.25) is 5.91 Å². The number of nitrogens with one attached hydrogen (secondary N) is 2. The maximum Gasteiger partial charge on any atom is 0.262 e. The third-order valence-corrected chi connectivity index (χ3v) is 4.50. The zero-order valence-electron chi connectivity index (χ0n) is 14.5. The van der Waals surface area contributed by atoms with E-state index in [1.807, 2.05) is 31.2 Å². The summed E-state index contributed by atoms with van der Waals surface area (Å²) >= 11 is 1.17. The molecule has 1 amide bonds. The van der Waals surface area contributed by atoms with Crippen LogP contribution < -0.4 is 10.9 Å². The van der Waals surface area contributed by atoms with Crippen molar-refractivity contribution < 1.29 is 9.53 Å². The molecule has 2 aromatic heterocycles. The summed E-state index contributed by atoms with van der Waals surface area (Å²) in [6.45, 7) is 2.88. The Morgan fingerprint density at radius 3 is 3.04 bits per heavy atom. The minimum atomic E-state index is -0.281. The third-order valence-electron chi connectivity index (χ3n) is 3.63. The second kappa shape index (κ2) is 8.15. The van der Waals surface area contributed by atoms with Gasteiger partial charge in [-0.25, -0.2) is 9.67 Å². The van der Waals surface area contributed by atoms with E-state index in [0.717, 1.165) is 11.3 Å². The van der Waals surface area contributed by atoms with Gasteiger partial charge in [0.15, 0.2) is 10.8 Å². The number of carbonyl (C=O) groups excluding carboxylic acids is 1. The Morgan fingerprint density at radius 1 is 1.42 bits per heavy atom. The van der Waals surface area contributed by atoms with Crippen LogP contribution in [0.15, 0.2) is 40.4 Å². The normalized spacial score (nSPS) is 11.0. The summed E-state index contributed by atoms with van der Waals surface area (Å²) in [4.78, 5) is 31.2. The fourth-order valence-corrected chi connectivity index (χ4v) is 3.08. The molecule has 3 rings (SSSR count). The predicted molar refractivity (Wildman–Crippen MR) is 99.8 cm³/mol.